The Bertz CT molecular complexity index is 245. The Balaban J connectivity index is 2.16. The van der Waals surface area contributed by atoms with Crippen LogP contribution in [0, 0.1) is 22.7 Å². The zero-order chi connectivity index (χ0) is 10.3. The molecule has 0 spiro atoms. The van der Waals surface area contributed by atoms with Gasteiger partial charge >= 0.3 is 0 Å². The van der Waals surface area contributed by atoms with E-state index in [4.69, 9.17) is 15.3 Å². The molecule has 1 aliphatic rings. The van der Waals surface area contributed by atoms with Crippen LogP contribution in [0.2, 0.25) is 0 Å². The van der Waals surface area contributed by atoms with Gasteiger partial charge in [-0.25, -0.2) is 0 Å². The Morgan fingerprint density at radius 1 is 1.29 bits per heavy atom. The smallest absolute Gasteiger partial charge is 0.133 e. The van der Waals surface area contributed by atoms with E-state index in [1.807, 2.05) is 6.07 Å². The highest BCUT2D eigenvalue weighted by molar-refractivity contribution is 5.09. The summed E-state index contributed by atoms with van der Waals surface area (Å²) < 4.78 is 5.00. The first-order valence-corrected chi connectivity index (χ1v) is 4.94. The van der Waals surface area contributed by atoms with Gasteiger partial charge in [0.1, 0.15) is 12.1 Å². The summed E-state index contributed by atoms with van der Waals surface area (Å²) in [6.45, 7) is 1.27. The van der Waals surface area contributed by atoms with Crippen molar-refractivity contribution < 1.29 is 4.74 Å². The Kier molecular flexibility index (Phi) is 4.39. The van der Waals surface area contributed by atoms with Crippen LogP contribution in [-0.4, -0.2) is 25.3 Å². The summed E-state index contributed by atoms with van der Waals surface area (Å²) in [5.74, 6) is 0. The van der Waals surface area contributed by atoms with Gasteiger partial charge in [0.2, 0.25) is 0 Å². The molecule has 0 aromatic carbocycles. The molecule has 1 aliphatic carbocycles. The maximum atomic E-state index is 9.01. The van der Waals surface area contributed by atoms with Gasteiger partial charge in [-0.05, 0) is 12.8 Å². The quantitative estimate of drug-likeness (QED) is 0.660. The van der Waals surface area contributed by atoms with Crippen molar-refractivity contribution in [3.63, 3.8) is 0 Å². The summed E-state index contributed by atoms with van der Waals surface area (Å²) in [5.41, 5.74) is -0.323. The second-order valence-corrected chi connectivity index (χ2v) is 3.54. The lowest BCUT2D eigenvalue weighted by molar-refractivity contribution is 0.161. The fourth-order valence-corrected chi connectivity index (χ4v) is 1.79. The molecule has 1 N–H and O–H groups in total. The van der Waals surface area contributed by atoms with Crippen molar-refractivity contribution in [2.75, 3.05) is 19.8 Å². The fraction of sp³-hybridized carbons (Fsp3) is 0.800. The van der Waals surface area contributed by atoms with Crippen LogP contribution >= 0.6 is 0 Å². The van der Waals surface area contributed by atoms with Crippen LogP contribution in [0.1, 0.15) is 25.7 Å². The third-order valence-electron chi connectivity index (χ3n) is 2.55. The number of hydrogen-bond donors (Lipinski definition) is 1. The molecular weight excluding hydrogens is 178 g/mol. The average Bonchev–Trinajstić information content (AvgIpc) is 2.67. The molecule has 0 saturated heterocycles. The number of nitriles is 2. The van der Waals surface area contributed by atoms with Crippen LogP contribution in [0.15, 0.2) is 0 Å². The maximum absolute atomic E-state index is 9.01. The zero-order valence-electron chi connectivity index (χ0n) is 8.25. The molecule has 14 heavy (non-hydrogen) atoms. The van der Waals surface area contributed by atoms with Gasteiger partial charge in [-0.1, -0.05) is 12.8 Å². The molecule has 0 radical (unpaired) electrons. The standard InChI is InChI=1S/C10H15N3O/c11-5-7-14-8-6-13-10(9-12)3-1-2-4-10/h13H,1-4,6-8H2. The number of nitrogens with one attached hydrogen (secondary N) is 1. The van der Waals surface area contributed by atoms with E-state index in [-0.39, 0.29) is 12.1 Å². The molecule has 0 aliphatic heterocycles. The van der Waals surface area contributed by atoms with Crippen molar-refractivity contribution >= 4 is 0 Å². The second kappa shape index (κ2) is 5.59. The molecule has 0 amide bonds. The lowest BCUT2D eigenvalue weighted by atomic mass is 10.0. The summed E-state index contributed by atoms with van der Waals surface area (Å²) in [6, 6.07) is 4.24. The molecule has 0 unspecified atom stereocenters. The van der Waals surface area contributed by atoms with Gasteiger partial charge in [-0.15, -0.1) is 0 Å². The van der Waals surface area contributed by atoms with Gasteiger partial charge in [0.25, 0.3) is 0 Å². The van der Waals surface area contributed by atoms with Gasteiger partial charge in [0.05, 0.1) is 18.7 Å². The zero-order valence-corrected chi connectivity index (χ0v) is 8.25. The van der Waals surface area contributed by atoms with E-state index in [0.717, 1.165) is 25.7 Å². The van der Waals surface area contributed by atoms with Crippen LogP contribution < -0.4 is 5.32 Å². The monoisotopic (exact) mass is 193 g/mol. The molecule has 76 valence electrons. The van der Waals surface area contributed by atoms with Crippen LogP contribution in [0.3, 0.4) is 0 Å². The molecule has 1 saturated carbocycles. The molecule has 0 bridgehead atoms. The number of nitrogens with zero attached hydrogens (tertiary/aromatic N) is 2. The van der Waals surface area contributed by atoms with E-state index in [0.29, 0.717) is 13.2 Å². The van der Waals surface area contributed by atoms with Crippen molar-refractivity contribution in [3.05, 3.63) is 0 Å². The molecule has 0 aromatic rings. The summed E-state index contributed by atoms with van der Waals surface area (Å²) in [6.07, 6.45) is 4.11. The van der Waals surface area contributed by atoms with Crippen LogP contribution in [0.4, 0.5) is 0 Å². The van der Waals surface area contributed by atoms with E-state index in [9.17, 15) is 0 Å². The van der Waals surface area contributed by atoms with Crippen LogP contribution in [0.5, 0.6) is 0 Å². The molecule has 1 rings (SSSR count). The van der Waals surface area contributed by atoms with E-state index in [2.05, 4.69) is 11.4 Å². The van der Waals surface area contributed by atoms with E-state index < -0.39 is 0 Å². The minimum absolute atomic E-state index is 0.126. The highest BCUT2D eigenvalue weighted by Gasteiger charge is 2.32. The number of rotatable bonds is 5. The van der Waals surface area contributed by atoms with Gasteiger partial charge in [-0.2, -0.15) is 10.5 Å². The molecule has 0 atom stereocenters. The van der Waals surface area contributed by atoms with Gasteiger partial charge in [0.15, 0.2) is 0 Å². The predicted molar refractivity (Wildman–Crippen MR) is 51.2 cm³/mol. The van der Waals surface area contributed by atoms with Crippen LogP contribution in [-0.2, 0) is 4.74 Å². The lowest BCUT2D eigenvalue weighted by Crippen LogP contribution is -2.42. The Morgan fingerprint density at radius 3 is 2.57 bits per heavy atom. The highest BCUT2D eigenvalue weighted by Crippen LogP contribution is 2.28. The SMILES string of the molecule is N#CCOCCNC1(C#N)CCCC1. The molecule has 1 fully saturated rings. The Labute approximate surface area is 84.5 Å². The Morgan fingerprint density at radius 2 is 2.00 bits per heavy atom. The summed E-state index contributed by atoms with van der Waals surface area (Å²) in [7, 11) is 0. The molecule has 0 aromatic heterocycles. The first-order valence-electron chi connectivity index (χ1n) is 4.94. The van der Waals surface area contributed by atoms with Gasteiger partial charge < -0.3 is 4.74 Å². The van der Waals surface area contributed by atoms with Gasteiger partial charge in [0, 0.05) is 6.54 Å². The van der Waals surface area contributed by atoms with Crippen LogP contribution in [0.25, 0.3) is 0 Å². The minimum Gasteiger partial charge on any atom is -0.365 e. The summed E-state index contributed by atoms with van der Waals surface area (Å²) in [4.78, 5) is 0. The van der Waals surface area contributed by atoms with Gasteiger partial charge in [-0.3, -0.25) is 5.32 Å². The van der Waals surface area contributed by atoms with E-state index in [1.165, 1.54) is 0 Å². The topological polar surface area (TPSA) is 68.8 Å². The third kappa shape index (κ3) is 2.99. The minimum atomic E-state index is -0.323. The summed E-state index contributed by atoms with van der Waals surface area (Å²) >= 11 is 0. The first kappa shape index (κ1) is 11.0. The van der Waals surface area contributed by atoms with Crippen molar-refractivity contribution in [2.24, 2.45) is 0 Å². The van der Waals surface area contributed by atoms with E-state index in [1.54, 1.807) is 0 Å². The predicted octanol–water partition coefficient (Wildman–Crippen LogP) is 0.953. The fourth-order valence-electron chi connectivity index (χ4n) is 1.79. The normalized spacial score (nSPS) is 18.7. The highest BCUT2D eigenvalue weighted by atomic mass is 16.5. The number of hydrogen-bond acceptors (Lipinski definition) is 4. The van der Waals surface area contributed by atoms with Crippen molar-refractivity contribution in [2.45, 2.75) is 31.2 Å². The average molecular weight is 193 g/mol. The number of ether oxygens (including phenoxy) is 1. The molecule has 4 heteroatoms. The van der Waals surface area contributed by atoms with Crippen molar-refractivity contribution in [3.8, 4) is 12.1 Å². The summed E-state index contributed by atoms with van der Waals surface area (Å²) in [5, 5.41) is 20.4. The molecule has 4 nitrogen and oxygen atoms in total. The molecular formula is C10H15N3O. The Hall–Kier alpha value is -1.10. The third-order valence-corrected chi connectivity index (χ3v) is 2.55. The van der Waals surface area contributed by atoms with E-state index >= 15 is 0 Å². The molecule has 0 heterocycles. The first-order chi connectivity index (χ1) is 6.83. The largest absolute Gasteiger partial charge is 0.365 e. The van der Waals surface area contributed by atoms with Crippen molar-refractivity contribution in [1.29, 1.82) is 10.5 Å². The maximum Gasteiger partial charge on any atom is 0.133 e. The lowest BCUT2D eigenvalue weighted by Gasteiger charge is -2.21. The second-order valence-electron chi connectivity index (χ2n) is 3.54. The van der Waals surface area contributed by atoms with Crippen molar-refractivity contribution in [1.82, 2.24) is 5.32 Å².